The number of aliphatic hydroxyl groups is 3. The number of methoxy groups -OCH3 is 1. The van der Waals surface area contributed by atoms with Crippen molar-refractivity contribution in [1.82, 2.24) is 0 Å². The Bertz CT molecular complexity index is 137. The Hall–Kier alpha value is -0.160. The van der Waals surface area contributed by atoms with Crippen molar-refractivity contribution in [3.05, 3.63) is 0 Å². The molecule has 4 heteroatoms. The third kappa shape index (κ3) is 1.95. The van der Waals surface area contributed by atoms with E-state index in [0.717, 1.165) is 6.42 Å². The molecule has 72 valence electrons. The van der Waals surface area contributed by atoms with Crippen LogP contribution < -0.4 is 0 Å². The lowest BCUT2D eigenvalue weighted by Gasteiger charge is -2.24. The number of rotatable bonds is 1. The van der Waals surface area contributed by atoms with Gasteiger partial charge >= 0.3 is 0 Å². The van der Waals surface area contributed by atoms with E-state index >= 15 is 0 Å². The van der Waals surface area contributed by atoms with Crippen LogP contribution in [0.2, 0.25) is 0 Å². The molecule has 1 saturated carbocycles. The Morgan fingerprint density at radius 1 is 1.08 bits per heavy atom. The summed E-state index contributed by atoms with van der Waals surface area (Å²) < 4.78 is 4.98. The molecule has 0 aromatic heterocycles. The summed E-state index contributed by atoms with van der Waals surface area (Å²) in [5, 5.41) is 28.1. The van der Waals surface area contributed by atoms with Crippen LogP contribution in [0.3, 0.4) is 0 Å². The molecule has 1 fully saturated rings. The SMILES string of the molecule is CO[C@H]1CCC[C@H](O)[C@H](O)[C@H]1O. The lowest BCUT2D eigenvalue weighted by molar-refractivity contribution is -0.104. The second-order valence-corrected chi connectivity index (χ2v) is 3.25. The fourth-order valence-corrected chi connectivity index (χ4v) is 1.57. The predicted molar refractivity (Wildman–Crippen MR) is 42.7 cm³/mol. The molecule has 4 atom stereocenters. The molecule has 0 saturated heterocycles. The van der Waals surface area contributed by atoms with E-state index in [1.807, 2.05) is 0 Å². The van der Waals surface area contributed by atoms with Crippen molar-refractivity contribution in [3.63, 3.8) is 0 Å². The van der Waals surface area contributed by atoms with Crippen molar-refractivity contribution < 1.29 is 20.1 Å². The van der Waals surface area contributed by atoms with Gasteiger partial charge in [0.15, 0.2) is 0 Å². The smallest absolute Gasteiger partial charge is 0.108 e. The summed E-state index contributed by atoms with van der Waals surface area (Å²) in [6.07, 6.45) is -1.22. The zero-order valence-electron chi connectivity index (χ0n) is 7.18. The number of hydrogen-bond acceptors (Lipinski definition) is 4. The molecule has 3 N–H and O–H groups in total. The zero-order chi connectivity index (χ0) is 9.14. The lowest BCUT2D eigenvalue weighted by atomic mass is 10.1. The first-order valence-corrected chi connectivity index (χ1v) is 4.24. The molecule has 0 heterocycles. The number of hydrogen-bond donors (Lipinski definition) is 3. The fourth-order valence-electron chi connectivity index (χ4n) is 1.57. The van der Waals surface area contributed by atoms with Crippen molar-refractivity contribution in [2.45, 2.75) is 43.7 Å². The first-order valence-electron chi connectivity index (χ1n) is 4.24. The van der Waals surface area contributed by atoms with Crippen LogP contribution in [0.1, 0.15) is 19.3 Å². The molecule has 0 radical (unpaired) electrons. The fraction of sp³-hybridized carbons (Fsp3) is 1.00. The molecule has 12 heavy (non-hydrogen) atoms. The van der Waals surface area contributed by atoms with E-state index < -0.39 is 18.3 Å². The largest absolute Gasteiger partial charge is 0.390 e. The van der Waals surface area contributed by atoms with E-state index in [-0.39, 0.29) is 6.10 Å². The average molecular weight is 176 g/mol. The van der Waals surface area contributed by atoms with Gasteiger partial charge in [-0.3, -0.25) is 0 Å². The third-order valence-electron chi connectivity index (χ3n) is 2.42. The monoisotopic (exact) mass is 176 g/mol. The van der Waals surface area contributed by atoms with Gasteiger partial charge in [-0.15, -0.1) is 0 Å². The minimum atomic E-state index is -1.07. The highest BCUT2D eigenvalue weighted by atomic mass is 16.5. The third-order valence-corrected chi connectivity index (χ3v) is 2.42. The molecule has 0 aliphatic heterocycles. The van der Waals surface area contributed by atoms with Crippen molar-refractivity contribution in [2.75, 3.05) is 7.11 Å². The molecule has 0 aromatic rings. The van der Waals surface area contributed by atoms with Crippen LogP contribution in [0.25, 0.3) is 0 Å². The van der Waals surface area contributed by atoms with Crippen molar-refractivity contribution in [1.29, 1.82) is 0 Å². The van der Waals surface area contributed by atoms with Gasteiger partial charge in [0, 0.05) is 7.11 Å². The van der Waals surface area contributed by atoms with Gasteiger partial charge in [-0.25, -0.2) is 0 Å². The van der Waals surface area contributed by atoms with Gasteiger partial charge < -0.3 is 20.1 Å². The van der Waals surface area contributed by atoms with Crippen LogP contribution in [-0.2, 0) is 4.74 Å². The molecular weight excluding hydrogens is 160 g/mol. The van der Waals surface area contributed by atoms with E-state index in [4.69, 9.17) is 4.74 Å². The summed E-state index contributed by atoms with van der Waals surface area (Å²) in [5.41, 5.74) is 0. The average Bonchev–Trinajstić information content (AvgIpc) is 2.19. The normalized spacial score (nSPS) is 44.0. The molecule has 1 rings (SSSR count). The highest BCUT2D eigenvalue weighted by Crippen LogP contribution is 2.20. The highest BCUT2D eigenvalue weighted by molar-refractivity contribution is 4.85. The highest BCUT2D eigenvalue weighted by Gasteiger charge is 2.33. The summed E-state index contributed by atoms with van der Waals surface area (Å²) in [7, 11) is 1.50. The Balaban J connectivity index is 2.59. The zero-order valence-corrected chi connectivity index (χ0v) is 7.18. The topological polar surface area (TPSA) is 69.9 Å². The lowest BCUT2D eigenvalue weighted by Crippen LogP contribution is -2.42. The van der Waals surface area contributed by atoms with E-state index in [2.05, 4.69) is 0 Å². The molecule has 0 bridgehead atoms. The molecular formula is C8H16O4. The first kappa shape index (κ1) is 9.92. The van der Waals surface area contributed by atoms with E-state index in [1.165, 1.54) is 7.11 Å². The van der Waals surface area contributed by atoms with Gasteiger partial charge in [0.05, 0.1) is 12.2 Å². The predicted octanol–water partition coefficient (Wildman–Crippen LogP) is -0.732. The van der Waals surface area contributed by atoms with Gasteiger partial charge in [-0.2, -0.15) is 0 Å². The van der Waals surface area contributed by atoms with Crippen LogP contribution in [0.15, 0.2) is 0 Å². The Kier molecular flexibility index (Phi) is 3.46. The van der Waals surface area contributed by atoms with Gasteiger partial charge in [-0.1, -0.05) is 0 Å². The van der Waals surface area contributed by atoms with E-state index in [9.17, 15) is 15.3 Å². The van der Waals surface area contributed by atoms with Crippen LogP contribution in [0.5, 0.6) is 0 Å². The summed E-state index contributed by atoms with van der Waals surface area (Å²) in [4.78, 5) is 0. The summed E-state index contributed by atoms with van der Waals surface area (Å²) in [5.74, 6) is 0. The quantitative estimate of drug-likeness (QED) is 0.461. The van der Waals surface area contributed by atoms with Crippen LogP contribution in [0.4, 0.5) is 0 Å². The van der Waals surface area contributed by atoms with Crippen molar-refractivity contribution in [3.8, 4) is 0 Å². The van der Waals surface area contributed by atoms with Crippen molar-refractivity contribution in [2.24, 2.45) is 0 Å². The summed E-state index contributed by atoms with van der Waals surface area (Å²) >= 11 is 0. The molecule has 0 spiro atoms. The Morgan fingerprint density at radius 3 is 2.33 bits per heavy atom. The van der Waals surface area contributed by atoms with Crippen LogP contribution in [-0.4, -0.2) is 46.8 Å². The minimum absolute atomic E-state index is 0.350. The van der Waals surface area contributed by atoms with E-state index in [1.54, 1.807) is 0 Å². The second kappa shape index (κ2) is 4.18. The maximum atomic E-state index is 9.45. The molecule has 0 unspecified atom stereocenters. The maximum Gasteiger partial charge on any atom is 0.108 e. The van der Waals surface area contributed by atoms with Gasteiger partial charge in [0.2, 0.25) is 0 Å². The van der Waals surface area contributed by atoms with Crippen LogP contribution in [0, 0.1) is 0 Å². The maximum absolute atomic E-state index is 9.45. The first-order chi connectivity index (χ1) is 5.66. The second-order valence-electron chi connectivity index (χ2n) is 3.25. The molecule has 1 aliphatic carbocycles. The molecule has 0 amide bonds. The van der Waals surface area contributed by atoms with Crippen molar-refractivity contribution >= 4 is 0 Å². The standard InChI is InChI=1S/C8H16O4/c1-12-6-4-2-3-5(9)7(10)8(6)11/h5-11H,2-4H2,1H3/t5-,6-,7-,8-/m0/s1. The van der Waals surface area contributed by atoms with E-state index in [0.29, 0.717) is 12.8 Å². The molecule has 4 nitrogen and oxygen atoms in total. The minimum Gasteiger partial charge on any atom is -0.390 e. The molecule has 1 aliphatic rings. The Morgan fingerprint density at radius 2 is 1.75 bits per heavy atom. The summed E-state index contributed by atoms with van der Waals surface area (Å²) in [6, 6.07) is 0. The molecule has 0 aromatic carbocycles. The van der Waals surface area contributed by atoms with Crippen LogP contribution >= 0.6 is 0 Å². The number of aliphatic hydroxyl groups excluding tert-OH is 3. The Labute approximate surface area is 71.8 Å². The van der Waals surface area contributed by atoms with Gasteiger partial charge in [0.1, 0.15) is 12.2 Å². The number of ether oxygens (including phenoxy) is 1. The summed E-state index contributed by atoms with van der Waals surface area (Å²) in [6.45, 7) is 0. The van der Waals surface area contributed by atoms with Gasteiger partial charge in [-0.05, 0) is 19.3 Å². The van der Waals surface area contributed by atoms with Gasteiger partial charge in [0.25, 0.3) is 0 Å².